The fourth-order valence-corrected chi connectivity index (χ4v) is 2.98. The average Bonchev–Trinajstić information content (AvgIpc) is 2.86. The number of rotatable bonds is 3. The van der Waals surface area contributed by atoms with Crippen LogP contribution in [0.2, 0.25) is 0 Å². The Labute approximate surface area is 109 Å². The third kappa shape index (κ3) is 3.05. The maximum atomic E-state index is 11.9. The first-order valence-corrected chi connectivity index (χ1v) is 6.87. The van der Waals surface area contributed by atoms with Crippen molar-refractivity contribution in [2.75, 3.05) is 6.61 Å². The van der Waals surface area contributed by atoms with Crippen LogP contribution in [-0.2, 0) is 0 Å². The molecule has 0 saturated heterocycles. The van der Waals surface area contributed by atoms with Crippen molar-refractivity contribution in [1.29, 1.82) is 0 Å². The number of nitrogens with one attached hydrogen (secondary N) is 2. The Hall–Kier alpha value is -1.03. The van der Waals surface area contributed by atoms with Crippen molar-refractivity contribution in [3.63, 3.8) is 0 Å². The van der Waals surface area contributed by atoms with Gasteiger partial charge in [-0.15, -0.1) is 0 Å². The first-order chi connectivity index (χ1) is 8.51. The highest BCUT2D eigenvalue weighted by Crippen LogP contribution is 2.37. The Balaban J connectivity index is 1.78. The summed E-state index contributed by atoms with van der Waals surface area (Å²) in [6, 6.07) is 0.256. The number of amides is 2. The smallest absolute Gasteiger partial charge is 0.315 e. The van der Waals surface area contributed by atoms with Crippen LogP contribution < -0.4 is 10.6 Å². The summed E-state index contributed by atoms with van der Waals surface area (Å²) in [6.07, 6.45) is 8.19. The second-order valence-corrected chi connectivity index (χ2v) is 6.22. The summed E-state index contributed by atoms with van der Waals surface area (Å²) in [5, 5.41) is 15.1. The summed E-state index contributed by atoms with van der Waals surface area (Å²) in [5.41, 5.74) is 0.205. The predicted molar refractivity (Wildman–Crippen MR) is 71.2 cm³/mol. The van der Waals surface area contributed by atoms with Crippen molar-refractivity contribution in [1.82, 2.24) is 10.6 Å². The van der Waals surface area contributed by atoms with E-state index in [4.69, 9.17) is 5.11 Å². The molecule has 4 heteroatoms. The van der Waals surface area contributed by atoms with Gasteiger partial charge in [0.25, 0.3) is 0 Å². The first kappa shape index (κ1) is 13.4. The quantitative estimate of drug-likeness (QED) is 0.671. The zero-order valence-electron chi connectivity index (χ0n) is 11.3. The molecule has 4 nitrogen and oxygen atoms in total. The summed E-state index contributed by atoms with van der Waals surface area (Å²) < 4.78 is 0. The van der Waals surface area contributed by atoms with Crippen molar-refractivity contribution in [2.24, 2.45) is 11.3 Å². The van der Waals surface area contributed by atoms with Gasteiger partial charge in [-0.2, -0.15) is 0 Å². The molecular weight excluding hydrogens is 228 g/mol. The Morgan fingerprint density at radius 3 is 2.72 bits per heavy atom. The molecule has 1 fully saturated rings. The molecule has 3 N–H and O–H groups in total. The van der Waals surface area contributed by atoms with Crippen LogP contribution in [-0.4, -0.2) is 29.8 Å². The number of carbonyl (C=O) groups excluding carboxylic acids is 1. The third-order valence-electron chi connectivity index (χ3n) is 4.29. The van der Waals surface area contributed by atoms with Crippen molar-refractivity contribution in [3.05, 3.63) is 12.2 Å². The number of aliphatic hydroxyl groups is 1. The highest BCUT2D eigenvalue weighted by atomic mass is 16.3. The van der Waals surface area contributed by atoms with E-state index in [-0.39, 0.29) is 36.1 Å². The molecule has 0 aliphatic heterocycles. The number of aliphatic hydroxyl groups excluding tert-OH is 1. The van der Waals surface area contributed by atoms with Gasteiger partial charge in [0.2, 0.25) is 0 Å². The summed E-state index contributed by atoms with van der Waals surface area (Å²) in [6.45, 7) is 4.58. The highest BCUT2D eigenvalue weighted by molar-refractivity contribution is 5.75. The molecule has 2 aliphatic carbocycles. The van der Waals surface area contributed by atoms with Gasteiger partial charge in [0.15, 0.2) is 0 Å². The predicted octanol–water partition coefficient (Wildman–Crippen LogP) is 1.80. The molecule has 0 aromatic heterocycles. The van der Waals surface area contributed by atoms with Crippen LogP contribution in [0.5, 0.6) is 0 Å². The number of hydrogen-bond acceptors (Lipinski definition) is 2. The molecule has 18 heavy (non-hydrogen) atoms. The van der Waals surface area contributed by atoms with Crippen LogP contribution in [0, 0.1) is 11.3 Å². The molecule has 2 amide bonds. The number of urea groups is 1. The monoisotopic (exact) mass is 252 g/mol. The van der Waals surface area contributed by atoms with Gasteiger partial charge in [-0.3, -0.25) is 0 Å². The van der Waals surface area contributed by atoms with E-state index >= 15 is 0 Å². The van der Waals surface area contributed by atoms with Gasteiger partial charge in [0.05, 0.1) is 0 Å². The molecule has 0 spiro atoms. The first-order valence-electron chi connectivity index (χ1n) is 6.87. The van der Waals surface area contributed by atoms with Crippen LogP contribution in [0.4, 0.5) is 4.79 Å². The van der Waals surface area contributed by atoms with Crippen LogP contribution in [0.3, 0.4) is 0 Å². The maximum Gasteiger partial charge on any atom is 0.315 e. The summed E-state index contributed by atoms with van der Waals surface area (Å²) in [7, 11) is 0. The van der Waals surface area contributed by atoms with Gasteiger partial charge in [-0.1, -0.05) is 32.4 Å². The SMILES string of the molecule is CC1(C)CCCC1NC(=O)N[C@@H]1C=C[C@H](CO)C1. The molecule has 2 rings (SSSR count). The van der Waals surface area contributed by atoms with Gasteiger partial charge in [0.1, 0.15) is 0 Å². The zero-order chi connectivity index (χ0) is 13.2. The molecule has 102 valence electrons. The lowest BCUT2D eigenvalue weighted by molar-refractivity contribution is 0.217. The molecule has 3 atom stereocenters. The van der Waals surface area contributed by atoms with Crippen LogP contribution in [0.15, 0.2) is 12.2 Å². The normalized spacial score (nSPS) is 33.6. The summed E-state index contributed by atoms with van der Waals surface area (Å²) in [4.78, 5) is 11.9. The van der Waals surface area contributed by atoms with Crippen molar-refractivity contribution < 1.29 is 9.90 Å². The van der Waals surface area contributed by atoms with Crippen molar-refractivity contribution >= 4 is 6.03 Å². The van der Waals surface area contributed by atoms with Crippen molar-refractivity contribution in [2.45, 2.75) is 51.6 Å². The van der Waals surface area contributed by atoms with E-state index in [9.17, 15) is 4.79 Å². The van der Waals surface area contributed by atoms with Gasteiger partial charge in [-0.05, 0) is 24.7 Å². The van der Waals surface area contributed by atoms with Crippen LogP contribution >= 0.6 is 0 Å². The van der Waals surface area contributed by atoms with E-state index in [0.29, 0.717) is 0 Å². The second-order valence-electron chi connectivity index (χ2n) is 6.22. The average molecular weight is 252 g/mol. The van der Waals surface area contributed by atoms with E-state index in [1.807, 2.05) is 12.2 Å². The molecule has 0 radical (unpaired) electrons. The fourth-order valence-electron chi connectivity index (χ4n) is 2.98. The lowest BCUT2D eigenvalue weighted by atomic mass is 9.87. The second kappa shape index (κ2) is 5.31. The number of carbonyl (C=O) groups is 1. The maximum absolute atomic E-state index is 11.9. The van der Waals surface area contributed by atoms with Gasteiger partial charge < -0.3 is 15.7 Å². The third-order valence-corrected chi connectivity index (χ3v) is 4.29. The molecule has 1 unspecified atom stereocenters. The van der Waals surface area contributed by atoms with E-state index in [0.717, 1.165) is 12.8 Å². The van der Waals surface area contributed by atoms with E-state index < -0.39 is 0 Å². The van der Waals surface area contributed by atoms with Gasteiger partial charge in [-0.25, -0.2) is 4.79 Å². The van der Waals surface area contributed by atoms with E-state index in [1.54, 1.807) is 0 Å². The fraction of sp³-hybridized carbons (Fsp3) is 0.786. The largest absolute Gasteiger partial charge is 0.396 e. The lowest BCUT2D eigenvalue weighted by Gasteiger charge is -2.28. The van der Waals surface area contributed by atoms with E-state index in [2.05, 4.69) is 24.5 Å². The minimum atomic E-state index is -0.0804. The van der Waals surface area contributed by atoms with Gasteiger partial charge in [0, 0.05) is 24.6 Å². The van der Waals surface area contributed by atoms with Crippen molar-refractivity contribution in [3.8, 4) is 0 Å². The number of hydrogen-bond donors (Lipinski definition) is 3. The topological polar surface area (TPSA) is 61.4 Å². The molecule has 0 aromatic rings. The molecule has 0 bridgehead atoms. The zero-order valence-corrected chi connectivity index (χ0v) is 11.3. The van der Waals surface area contributed by atoms with Crippen LogP contribution in [0.25, 0.3) is 0 Å². The Morgan fingerprint density at radius 2 is 2.17 bits per heavy atom. The minimum Gasteiger partial charge on any atom is -0.396 e. The van der Waals surface area contributed by atoms with Crippen LogP contribution in [0.1, 0.15) is 39.5 Å². The Morgan fingerprint density at radius 1 is 1.39 bits per heavy atom. The van der Waals surface area contributed by atoms with E-state index in [1.165, 1.54) is 12.8 Å². The standard InChI is InChI=1S/C14H24N2O2/c1-14(2)7-3-4-12(14)16-13(18)15-11-6-5-10(8-11)9-17/h5-6,10-12,17H,3-4,7-9H2,1-2H3,(H2,15,16,18)/t10-,11+,12?/m0/s1. The molecule has 0 aromatic carbocycles. The molecule has 2 aliphatic rings. The van der Waals surface area contributed by atoms with Gasteiger partial charge >= 0.3 is 6.03 Å². The summed E-state index contributed by atoms with van der Waals surface area (Å²) >= 11 is 0. The lowest BCUT2D eigenvalue weighted by Crippen LogP contribution is -2.48. The summed E-state index contributed by atoms with van der Waals surface area (Å²) in [5.74, 6) is 0.193. The molecule has 0 heterocycles. The molecular formula is C14H24N2O2. The minimum absolute atomic E-state index is 0.0617. The Kier molecular flexibility index (Phi) is 3.95. The molecule has 1 saturated carbocycles. The highest BCUT2D eigenvalue weighted by Gasteiger charge is 2.35. The Bertz CT molecular complexity index is 339.